The minimum Gasteiger partial charge on any atom is -0.497 e. The molecule has 3 aromatic rings. The molecular weight excluding hydrogens is 294 g/mol. The molecule has 0 radical (unpaired) electrons. The number of carbonyl (C=O) groups excluding carboxylic acids is 1. The molecule has 0 spiro atoms. The van der Waals surface area contributed by atoms with Crippen molar-refractivity contribution in [3.05, 3.63) is 42.1 Å². The van der Waals surface area contributed by atoms with Crippen molar-refractivity contribution in [3.8, 4) is 5.75 Å². The SMILES string of the molecule is COc1ccc2[nH]c(C(=O)NC3CCc4ncnn4C3)cc2c1. The molecule has 1 aliphatic heterocycles. The van der Waals surface area contributed by atoms with E-state index < -0.39 is 0 Å². The van der Waals surface area contributed by atoms with Gasteiger partial charge in [-0.2, -0.15) is 5.10 Å². The van der Waals surface area contributed by atoms with Gasteiger partial charge in [0.15, 0.2) is 0 Å². The van der Waals surface area contributed by atoms with Crippen LogP contribution in [0.2, 0.25) is 0 Å². The molecule has 2 N–H and O–H groups in total. The summed E-state index contributed by atoms with van der Waals surface area (Å²) in [7, 11) is 1.63. The smallest absolute Gasteiger partial charge is 0.268 e. The van der Waals surface area contributed by atoms with Crippen LogP contribution in [-0.4, -0.2) is 38.8 Å². The molecule has 0 bridgehead atoms. The first-order valence-corrected chi connectivity index (χ1v) is 7.57. The summed E-state index contributed by atoms with van der Waals surface area (Å²) in [6.07, 6.45) is 3.26. The first-order chi connectivity index (χ1) is 11.2. The average molecular weight is 311 g/mol. The van der Waals surface area contributed by atoms with Crippen molar-refractivity contribution >= 4 is 16.8 Å². The molecule has 1 aliphatic rings. The molecule has 1 amide bonds. The number of carbonyl (C=O) groups is 1. The second-order valence-corrected chi connectivity index (χ2v) is 5.70. The lowest BCUT2D eigenvalue weighted by molar-refractivity contribution is 0.0922. The molecule has 7 heteroatoms. The topological polar surface area (TPSA) is 84.8 Å². The fraction of sp³-hybridized carbons (Fsp3) is 0.312. The number of ether oxygens (including phenoxy) is 1. The lowest BCUT2D eigenvalue weighted by atomic mass is 10.1. The van der Waals surface area contributed by atoms with Gasteiger partial charge in [0.1, 0.15) is 23.6 Å². The average Bonchev–Trinajstić information content (AvgIpc) is 3.19. The van der Waals surface area contributed by atoms with Crippen LogP contribution in [0.3, 0.4) is 0 Å². The van der Waals surface area contributed by atoms with Crippen LogP contribution in [0.1, 0.15) is 22.7 Å². The highest BCUT2D eigenvalue weighted by Gasteiger charge is 2.22. The molecule has 0 aliphatic carbocycles. The molecule has 118 valence electrons. The Morgan fingerprint density at radius 3 is 3.22 bits per heavy atom. The van der Waals surface area contributed by atoms with Crippen molar-refractivity contribution in [2.75, 3.05) is 7.11 Å². The monoisotopic (exact) mass is 311 g/mol. The number of H-pyrrole nitrogens is 1. The Morgan fingerprint density at radius 1 is 1.43 bits per heavy atom. The van der Waals surface area contributed by atoms with Gasteiger partial charge in [0.05, 0.1) is 13.7 Å². The molecule has 1 atom stereocenters. The van der Waals surface area contributed by atoms with E-state index >= 15 is 0 Å². The van der Waals surface area contributed by atoms with Gasteiger partial charge >= 0.3 is 0 Å². The van der Waals surface area contributed by atoms with Gasteiger partial charge in [-0.05, 0) is 30.7 Å². The molecule has 1 unspecified atom stereocenters. The second-order valence-electron chi connectivity index (χ2n) is 5.70. The highest BCUT2D eigenvalue weighted by atomic mass is 16.5. The Kier molecular flexibility index (Phi) is 3.25. The number of amides is 1. The Labute approximate surface area is 132 Å². The fourth-order valence-corrected chi connectivity index (χ4v) is 2.98. The number of aromatic amines is 1. The van der Waals surface area contributed by atoms with E-state index in [2.05, 4.69) is 20.4 Å². The number of rotatable bonds is 3. The van der Waals surface area contributed by atoms with Gasteiger partial charge in [0, 0.05) is 23.4 Å². The molecular formula is C16H17N5O2. The number of benzene rings is 1. The molecule has 2 aromatic heterocycles. The number of nitrogens with one attached hydrogen (secondary N) is 2. The van der Waals surface area contributed by atoms with Gasteiger partial charge < -0.3 is 15.0 Å². The summed E-state index contributed by atoms with van der Waals surface area (Å²) in [6.45, 7) is 0.662. The number of fused-ring (bicyclic) bond motifs is 2. The zero-order chi connectivity index (χ0) is 15.8. The van der Waals surface area contributed by atoms with Gasteiger partial charge in [-0.25, -0.2) is 9.67 Å². The van der Waals surface area contributed by atoms with Crippen molar-refractivity contribution in [1.29, 1.82) is 0 Å². The predicted octanol–water partition coefficient (Wildman–Crippen LogP) is 1.51. The van der Waals surface area contributed by atoms with E-state index in [-0.39, 0.29) is 11.9 Å². The highest BCUT2D eigenvalue weighted by Crippen LogP contribution is 2.21. The predicted molar refractivity (Wildman–Crippen MR) is 84.4 cm³/mol. The van der Waals surface area contributed by atoms with Crippen LogP contribution in [-0.2, 0) is 13.0 Å². The maximum absolute atomic E-state index is 12.5. The van der Waals surface area contributed by atoms with E-state index in [4.69, 9.17) is 4.74 Å². The summed E-state index contributed by atoms with van der Waals surface area (Å²) in [5, 5.41) is 8.19. The Balaban J connectivity index is 1.51. The van der Waals surface area contributed by atoms with Crippen LogP contribution >= 0.6 is 0 Å². The van der Waals surface area contributed by atoms with Crippen LogP contribution in [0.25, 0.3) is 10.9 Å². The fourth-order valence-electron chi connectivity index (χ4n) is 2.98. The third-order valence-electron chi connectivity index (χ3n) is 4.21. The van der Waals surface area contributed by atoms with E-state index in [9.17, 15) is 4.79 Å². The van der Waals surface area contributed by atoms with Crippen molar-refractivity contribution in [1.82, 2.24) is 25.1 Å². The van der Waals surface area contributed by atoms with Crippen molar-refractivity contribution in [2.24, 2.45) is 0 Å². The normalized spacial score (nSPS) is 17.0. The first kappa shape index (κ1) is 13.8. The van der Waals surface area contributed by atoms with E-state index in [0.717, 1.165) is 35.3 Å². The number of methoxy groups -OCH3 is 1. The van der Waals surface area contributed by atoms with Crippen LogP contribution in [0, 0.1) is 0 Å². The van der Waals surface area contributed by atoms with Gasteiger partial charge in [0.25, 0.3) is 5.91 Å². The molecule has 3 heterocycles. The number of nitrogens with zero attached hydrogens (tertiary/aromatic N) is 3. The minimum absolute atomic E-state index is 0.0673. The third-order valence-corrected chi connectivity index (χ3v) is 4.21. The standard InChI is InChI=1S/C16H17N5O2/c1-23-12-3-4-13-10(6-12)7-14(20-13)16(22)19-11-2-5-15-17-9-18-21(15)8-11/h3-4,6-7,9,11,20H,2,5,8H2,1H3,(H,19,22). The molecule has 7 nitrogen and oxygen atoms in total. The van der Waals surface area contributed by atoms with E-state index in [0.29, 0.717) is 12.2 Å². The zero-order valence-electron chi connectivity index (χ0n) is 12.7. The maximum Gasteiger partial charge on any atom is 0.268 e. The molecule has 1 aromatic carbocycles. The third kappa shape index (κ3) is 2.54. The first-order valence-electron chi connectivity index (χ1n) is 7.57. The van der Waals surface area contributed by atoms with E-state index in [1.165, 1.54) is 0 Å². The van der Waals surface area contributed by atoms with Crippen molar-refractivity contribution < 1.29 is 9.53 Å². The molecule has 23 heavy (non-hydrogen) atoms. The summed E-state index contributed by atoms with van der Waals surface area (Å²) in [5.74, 6) is 1.65. The summed E-state index contributed by atoms with van der Waals surface area (Å²) >= 11 is 0. The Bertz CT molecular complexity index is 866. The van der Waals surface area contributed by atoms with Crippen molar-refractivity contribution in [3.63, 3.8) is 0 Å². The van der Waals surface area contributed by atoms with Gasteiger partial charge in [-0.1, -0.05) is 0 Å². The number of aryl methyl sites for hydroxylation is 1. The van der Waals surface area contributed by atoms with Crippen LogP contribution < -0.4 is 10.1 Å². The Morgan fingerprint density at radius 2 is 2.35 bits per heavy atom. The highest BCUT2D eigenvalue weighted by molar-refractivity contribution is 5.98. The lowest BCUT2D eigenvalue weighted by Gasteiger charge is -2.23. The van der Waals surface area contributed by atoms with Crippen LogP contribution in [0.4, 0.5) is 0 Å². The quantitative estimate of drug-likeness (QED) is 0.768. The number of aromatic nitrogens is 4. The minimum atomic E-state index is -0.103. The Hall–Kier alpha value is -2.83. The maximum atomic E-state index is 12.5. The molecule has 0 saturated carbocycles. The van der Waals surface area contributed by atoms with E-state index in [1.807, 2.05) is 28.9 Å². The summed E-state index contributed by atoms with van der Waals surface area (Å²) in [6, 6.07) is 7.60. The van der Waals surface area contributed by atoms with Crippen LogP contribution in [0.5, 0.6) is 5.75 Å². The second kappa shape index (κ2) is 5.42. The summed E-state index contributed by atoms with van der Waals surface area (Å²) < 4.78 is 7.06. The molecule has 0 saturated heterocycles. The lowest BCUT2D eigenvalue weighted by Crippen LogP contribution is -2.41. The zero-order valence-corrected chi connectivity index (χ0v) is 12.7. The largest absolute Gasteiger partial charge is 0.497 e. The molecule has 4 rings (SSSR count). The summed E-state index contributed by atoms with van der Waals surface area (Å²) in [5.41, 5.74) is 1.47. The van der Waals surface area contributed by atoms with Crippen molar-refractivity contribution in [2.45, 2.75) is 25.4 Å². The molecule has 0 fully saturated rings. The van der Waals surface area contributed by atoms with Gasteiger partial charge in [-0.3, -0.25) is 4.79 Å². The van der Waals surface area contributed by atoms with Gasteiger partial charge in [0.2, 0.25) is 0 Å². The number of hydrogen-bond acceptors (Lipinski definition) is 4. The summed E-state index contributed by atoms with van der Waals surface area (Å²) in [4.78, 5) is 19.8. The van der Waals surface area contributed by atoms with E-state index in [1.54, 1.807) is 13.4 Å². The van der Waals surface area contributed by atoms with Gasteiger partial charge in [-0.15, -0.1) is 0 Å². The van der Waals surface area contributed by atoms with Crippen LogP contribution in [0.15, 0.2) is 30.6 Å². The number of hydrogen-bond donors (Lipinski definition) is 2.